The maximum Gasteiger partial charge on any atom is 0.318 e. The summed E-state index contributed by atoms with van der Waals surface area (Å²) in [6.07, 6.45) is 3.76. The Morgan fingerprint density at radius 3 is 1.93 bits per heavy atom. The Bertz CT molecular complexity index is 829. The average molecular weight is 358 g/mol. The van der Waals surface area contributed by atoms with Crippen LogP contribution in [0.2, 0.25) is 0 Å². The molecule has 0 spiro atoms. The number of esters is 1. The molecule has 3 rings (SSSR count). The van der Waals surface area contributed by atoms with Crippen LogP contribution in [0, 0.1) is 0 Å². The zero-order valence-corrected chi connectivity index (χ0v) is 15.2. The van der Waals surface area contributed by atoms with Gasteiger partial charge in [-0.1, -0.05) is 78.9 Å². The minimum absolute atomic E-state index is 0.223. The van der Waals surface area contributed by atoms with Gasteiger partial charge in [-0.25, -0.2) is 0 Å². The Morgan fingerprint density at radius 2 is 1.41 bits per heavy atom. The fraction of sp³-hybridized carbons (Fsp3) is 0.125. The third-order valence-electron chi connectivity index (χ3n) is 4.25. The van der Waals surface area contributed by atoms with Crippen LogP contribution in [0.3, 0.4) is 0 Å². The Kier molecular flexibility index (Phi) is 6.42. The molecule has 0 radical (unpaired) electrons. The molecular formula is C24H22O3. The smallest absolute Gasteiger partial charge is 0.318 e. The molecule has 0 atom stereocenters. The summed E-state index contributed by atoms with van der Waals surface area (Å²) in [6, 6.07) is 27.1. The zero-order chi connectivity index (χ0) is 18.9. The summed E-state index contributed by atoms with van der Waals surface area (Å²) in [5, 5.41) is 0. The second kappa shape index (κ2) is 9.39. The van der Waals surface area contributed by atoms with Gasteiger partial charge >= 0.3 is 5.97 Å². The van der Waals surface area contributed by atoms with Crippen molar-refractivity contribution >= 4 is 12.0 Å². The van der Waals surface area contributed by atoms with Crippen molar-refractivity contribution in [2.75, 3.05) is 13.7 Å². The van der Waals surface area contributed by atoms with Crippen molar-refractivity contribution in [1.82, 2.24) is 0 Å². The molecule has 0 fully saturated rings. The molecule has 0 aliphatic heterocycles. The lowest BCUT2D eigenvalue weighted by atomic mass is 9.91. The molecule has 0 heterocycles. The summed E-state index contributed by atoms with van der Waals surface area (Å²) >= 11 is 0. The fourth-order valence-corrected chi connectivity index (χ4v) is 2.87. The molecule has 3 nitrogen and oxygen atoms in total. The minimum atomic E-state index is -0.429. The van der Waals surface area contributed by atoms with Gasteiger partial charge in [-0.3, -0.25) is 4.79 Å². The Hall–Kier alpha value is -3.33. The molecule has 0 aliphatic rings. The number of hydrogen-bond donors (Lipinski definition) is 0. The van der Waals surface area contributed by atoms with E-state index < -0.39 is 5.92 Å². The number of carbonyl (C=O) groups is 1. The molecule has 3 aromatic rings. The van der Waals surface area contributed by atoms with E-state index in [0.29, 0.717) is 0 Å². The fourth-order valence-electron chi connectivity index (χ4n) is 2.87. The first-order chi connectivity index (χ1) is 13.3. The van der Waals surface area contributed by atoms with Gasteiger partial charge in [0.15, 0.2) is 0 Å². The summed E-state index contributed by atoms with van der Waals surface area (Å²) < 4.78 is 10.7. The van der Waals surface area contributed by atoms with Crippen molar-refractivity contribution in [1.29, 1.82) is 0 Å². The van der Waals surface area contributed by atoms with E-state index in [9.17, 15) is 4.79 Å². The van der Waals surface area contributed by atoms with Crippen molar-refractivity contribution in [2.45, 2.75) is 5.92 Å². The molecule has 3 heteroatoms. The van der Waals surface area contributed by atoms with E-state index in [1.165, 1.54) is 0 Å². The number of hydrogen-bond acceptors (Lipinski definition) is 3. The predicted molar refractivity (Wildman–Crippen MR) is 108 cm³/mol. The molecule has 3 aromatic carbocycles. The standard InChI is InChI=1S/C24H22O3/c1-26-22-16-14-19(15-17-22)9-8-18-27-24(25)23(20-10-4-2-5-11-20)21-12-6-3-7-13-21/h2-17,23H,18H2,1H3/b9-8+. The lowest BCUT2D eigenvalue weighted by Gasteiger charge is -2.16. The van der Waals surface area contributed by atoms with Crippen molar-refractivity contribution in [3.05, 3.63) is 108 Å². The van der Waals surface area contributed by atoms with Gasteiger partial charge in [-0.2, -0.15) is 0 Å². The van der Waals surface area contributed by atoms with Crippen molar-refractivity contribution < 1.29 is 14.3 Å². The molecule has 0 amide bonds. The molecule has 0 bridgehead atoms. The molecule has 0 unspecified atom stereocenters. The summed E-state index contributed by atoms with van der Waals surface area (Å²) in [4.78, 5) is 12.8. The van der Waals surface area contributed by atoms with Crippen LogP contribution in [0.1, 0.15) is 22.6 Å². The zero-order valence-electron chi connectivity index (χ0n) is 15.2. The number of benzene rings is 3. The van der Waals surface area contributed by atoms with E-state index in [1.807, 2.05) is 97.1 Å². The van der Waals surface area contributed by atoms with Gasteiger partial charge < -0.3 is 9.47 Å². The van der Waals surface area contributed by atoms with E-state index in [1.54, 1.807) is 7.11 Å². The average Bonchev–Trinajstić information content (AvgIpc) is 2.73. The number of methoxy groups -OCH3 is 1. The van der Waals surface area contributed by atoms with Crippen LogP contribution in [-0.4, -0.2) is 19.7 Å². The molecule has 0 saturated heterocycles. The highest BCUT2D eigenvalue weighted by Crippen LogP contribution is 2.26. The first-order valence-corrected chi connectivity index (χ1v) is 8.85. The SMILES string of the molecule is COc1ccc(/C=C/COC(=O)C(c2ccccc2)c2ccccc2)cc1. The van der Waals surface area contributed by atoms with Crippen molar-refractivity contribution in [3.63, 3.8) is 0 Å². The molecular weight excluding hydrogens is 336 g/mol. The van der Waals surface area contributed by atoms with Crippen LogP contribution in [0.5, 0.6) is 5.75 Å². The second-order valence-corrected chi connectivity index (χ2v) is 6.06. The van der Waals surface area contributed by atoms with E-state index in [4.69, 9.17) is 9.47 Å². The molecule has 0 aromatic heterocycles. The molecule has 0 N–H and O–H groups in total. The van der Waals surface area contributed by atoms with E-state index in [2.05, 4.69) is 0 Å². The molecule has 0 aliphatic carbocycles. The van der Waals surface area contributed by atoms with Crippen LogP contribution in [0.4, 0.5) is 0 Å². The first kappa shape index (κ1) is 18.5. The van der Waals surface area contributed by atoms with Crippen LogP contribution in [0.15, 0.2) is 91.0 Å². The van der Waals surface area contributed by atoms with Crippen LogP contribution < -0.4 is 4.74 Å². The van der Waals surface area contributed by atoms with E-state index in [-0.39, 0.29) is 12.6 Å². The quantitative estimate of drug-likeness (QED) is 0.552. The maximum atomic E-state index is 12.8. The summed E-state index contributed by atoms with van der Waals surface area (Å²) in [7, 11) is 1.64. The third kappa shape index (κ3) is 5.08. The largest absolute Gasteiger partial charge is 0.497 e. The Balaban J connectivity index is 1.67. The molecule has 27 heavy (non-hydrogen) atoms. The molecule has 0 saturated carbocycles. The highest BCUT2D eigenvalue weighted by Gasteiger charge is 2.23. The highest BCUT2D eigenvalue weighted by atomic mass is 16.5. The van der Waals surface area contributed by atoms with Gasteiger partial charge in [0.05, 0.1) is 7.11 Å². The van der Waals surface area contributed by atoms with Gasteiger partial charge in [0.2, 0.25) is 0 Å². The van der Waals surface area contributed by atoms with Crippen molar-refractivity contribution in [2.24, 2.45) is 0 Å². The maximum absolute atomic E-state index is 12.8. The second-order valence-electron chi connectivity index (χ2n) is 6.06. The van der Waals surface area contributed by atoms with Gasteiger partial charge in [0.25, 0.3) is 0 Å². The number of carbonyl (C=O) groups excluding carboxylic acids is 1. The Morgan fingerprint density at radius 1 is 0.852 bits per heavy atom. The van der Waals surface area contributed by atoms with Gasteiger partial charge in [0, 0.05) is 0 Å². The Labute approximate surface area is 159 Å². The number of rotatable bonds is 7. The topological polar surface area (TPSA) is 35.5 Å². The summed E-state index contributed by atoms with van der Waals surface area (Å²) in [6.45, 7) is 0.223. The van der Waals surface area contributed by atoms with E-state index in [0.717, 1.165) is 22.4 Å². The monoisotopic (exact) mass is 358 g/mol. The normalized spacial score (nSPS) is 10.9. The van der Waals surface area contributed by atoms with Gasteiger partial charge in [0.1, 0.15) is 18.3 Å². The van der Waals surface area contributed by atoms with Crippen LogP contribution in [-0.2, 0) is 9.53 Å². The van der Waals surface area contributed by atoms with Gasteiger partial charge in [-0.15, -0.1) is 0 Å². The van der Waals surface area contributed by atoms with Crippen molar-refractivity contribution in [3.8, 4) is 5.75 Å². The number of ether oxygens (including phenoxy) is 2. The van der Waals surface area contributed by atoms with Crippen LogP contribution in [0.25, 0.3) is 6.08 Å². The van der Waals surface area contributed by atoms with E-state index >= 15 is 0 Å². The summed E-state index contributed by atoms with van der Waals surface area (Å²) in [5.74, 6) is 0.126. The predicted octanol–water partition coefficient (Wildman–Crippen LogP) is 5.08. The lowest BCUT2D eigenvalue weighted by Crippen LogP contribution is -2.17. The highest BCUT2D eigenvalue weighted by molar-refractivity contribution is 5.82. The first-order valence-electron chi connectivity index (χ1n) is 8.85. The lowest BCUT2D eigenvalue weighted by molar-refractivity contribution is -0.143. The van der Waals surface area contributed by atoms with Crippen LogP contribution >= 0.6 is 0 Å². The minimum Gasteiger partial charge on any atom is -0.497 e. The molecule has 136 valence electrons. The summed E-state index contributed by atoms with van der Waals surface area (Å²) in [5.41, 5.74) is 2.87. The van der Waals surface area contributed by atoms with Gasteiger partial charge in [-0.05, 0) is 34.9 Å². The third-order valence-corrected chi connectivity index (χ3v) is 4.25.